The number of halogens is 1. The summed E-state index contributed by atoms with van der Waals surface area (Å²) < 4.78 is 1.01. The van der Waals surface area contributed by atoms with Crippen LogP contribution in [0.25, 0.3) is 10.9 Å². The van der Waals surface area contributed by atoms with Gasteiger partial charge >= 0.3 is 0 Å². The van der Waals surface area contributed by atoms with Gasteiger partial charge in [-0.1, -0.05) is 12.1 Å². The van der Waals surface area contributed by atoms with Gasteiger partial charge in [0.05, 0.1) is 5.52 Å². The zero-order valence-corrected chi connectivity index (χ0v) is 11.0. The Morgan fingerprint density at radius 2 is 2.00 bits per heavy atom. The van der Waals surface area contributed by atoms with Crippen molar-refractivity contribution in [3.8, 4) is 0 Å². The van der Waals surface area contributed by atoms with E-state index in [0.29, 0.717) is 0 Å². The van der Waals surface area contributed by atoms with E-state index in [9.17, 15) is 0 Å². The van der Waals surface area contributed by atoms with E-state index in [1.165, 1.54) is 0 Å². The van der Waals surface area contributed by atoms with Crippen LogP contribution in [0.4, 0.5) is 5.95 Å². The SMILES string of the molecule is CCN(CC)c1ncc2cccc(Br)c2n1. The third kappa shape index (κ3) is 2.02. The Bertz CT molecular complexity index is 495. The molecule has 0 spiro atoms. The summed E-state index contributed by atoms with van der Waals surface area (Å²) in [7, 11) is 0. The molecule has 1 aromatic heterocycles. The molecule has 0 unspecified atom stereocenters. The van der Waals surface area contributed by atoms with E-state index in [-0.39, 0.29) is 0 Å². The molecule has 0 saturated carbocycles. The van der Waals surface area contributed by atoms with Crippen molar-refractivity contribution in [2.45, 2.75) is 13.8 Å². The Labute approximate surface area is 104 Å². The highest BCUT2D eigenvalue weighted by Gasteiger charge is 2.07. The Morgan fingerprint density at radius 3 is 2.69 bits per heavy atom. The van der Waals surface area contributed by atoms with E-state index in [1.54, 1.807) is 0 Å². The molecule has 0 aliphatic heterocycles. The highest BCUT2D eigenvalue weighted by Crippen LogP contribution is 2.22. The minimum Gasteiger partial charge on any atom is -0.341 e. The van der Waals surface area contributed by atoms with Crippen LogP contribution in [0.3, 0.4) is 0 Å². The van der Waals surface area contributed by atoms with E-state index in [4.69, 9.17) is 0 Å². The van der Waals surface area contributed by atoms with Crippen LogP contribution in [0.1, 0.15) is 13.8 Å². The second kappa shape index (κ2) is 4.78. The first-order valence-corrected chi connectivity index (χ1v) is 6.21. The minimum absolute atomic E-state index is 0.796. The molecule has 84 valence electrons. The first kappa shape index (κ1) is 11.3. The van der Waals surface area contributed by atoms with Gasteiger partial charge in [0.2, 0.25) is 5.95 Å². The maximum absolute atomic E-state index is 4.58. The van der Waals surface area contributed by atoms with Gasteiger partial charge in [-0.25, -0.2) is 9.97 Å². The van der Waals surface area contributed by atoms with Crippen molar-refractivity contribution in [3.05, 3.63) is 28.9 Å². The molecule has 1 aromatic carbocycles. The van der Waals surface area contributed by atoms with E-state index in [0.717, 1.165) is 34.4 Å². The molecule has 16 heavy (non-hydrogen) atoms. The van der Waals surface area contributed by atoms with Crippen molar-refractivity contribution >= 4 is 32.8 Å². The monoisotopic (exact) mass is 279 g/mol. The summed E-state index contributed by atoms with van der Waals surface area (Å²) in [6, 6.07) is 6.01. The fraction of sp³-hybridized carbons (Fsp3) is 0.333. The maximum atomic E-state index is 4.58. The Hall–Kier alpha value is -1.16. The fourth-order valence-electron chi connectivity index (χ4n) is 1.67. The number of para-hydroxylation sites is 1. The van der Waals surface area contributed by atoms with Gasteiger partial charge in [0.1, 0.15) is 0 Å². The van der Waals surface area contributed by atoms with Crippen LogP contribution in [-0.2, 0) is 0 Å². The van der Waals surface area contributed by atoms with Gasteiger partial charge in [0, 0.05) is 29.1 Å². The van der Waals surface area contributed by atoms with Crippen molar-refractivity contribution in [1.82, 2.24) is 9.97 Å². The van der Waals surface area contributed by atoms with Crippen LogP contribution < -0.4 is 4.90 Å². The molecule has 4 heteroatoms. The molecule has 0 N–H and O–H groups in total. The normalized spacial score (nSPS) is 10.7. The third-order valence-electron chi connectivity index (χ3n) is 2.60. The van der Waals surface area contributed by atoms with Crippen LogP contribution in [0.2, 0.25) is 0 Å². The van der Waals surface area contributed by atoms with Crippen molar-refractivity contribution in [3.63, 3.8) is 0 Å². The number of anilines is 1. The Morgan fingerprint density at radius 1 is 1.25 bits per heavy atom. The van der Waals surface area contributed by atoms with Crippen molar-refractivity contribution in [1.29, 1.82) is 0 Å². The highest BCUT2D eigenvalue weighted by molar-refractivity contribution is 9.10. The maximum Gasteiger partial charge on any atom is 0.225 e. The number of hydrogen-bond donors (Lipinski definition) is 0. The van der Waals surface area contributed by atoms with E-state index in [2.05, 4.69) is 44.6 Å². The molecule has 0 aliphatic carbocycles. The molecular weight excluding hydrogens is 266 g/mol. The molecule has 0 radical (unpaired) electrons. The summed E-state index contributed by atoms with van der Waals surface area (Å²) in [5, 5.41) is 1.06. The lowest BCUT2D eigenvalue weighted by molar-refractivity contribution is 0.826. The summed E-state index contributed by atoms with van der Waals surface area (Å²) in [5.74, 6) is 0.796. The summed E-state index contributed by atoms with van der Waals surface area (Å²) in [6.45, 7) is 6.06. The second-order valence-corrected chi connectivity index (χ2v) is 4.37. The molecule has 0 atom stereocenters. The van der Waals surface area contributed by atoms with Gasteiger partial charge in [-0.15, -0.1) is 0 Å². The first-order chi connectivity index (χ1) is 7.76. The lowest BCUT2D eigenvalue weighted by Crippen LogP contribution is -2.24. The predicted molar refractivity (Wildman–Crippen MR) is 70.8 cm³/mol. The number of nitrogens with zero attached hydrogens (tertiary/aromatic N) is 3. The largest absolute Gasteiger partial charge is 0.341 e. The van der Waals surface area contributed by atoms with Gasteiger partial charge in [0.25, 0.3) is 0 Å². The number of rotatable bonds is 3. The average Bonchev–Trinajstić information content (AvgIpc) is 2.32. The van der Waals surface area contributed by atoms with Crippen LogP contribution in [0.15, 0.2) is 28.9 Å². The number of fused-ring (bicyclic) bond motifs is 1. The fourth-order valence-corrected chi connectivity index (χ4v) is 2.14. The van der Waals surface area contributed by atoms with Crippen LogP contribution in [0.5, 0.6) is 0 Å². The average molecular weight is 280 g/mol. The molecular formula is C12H14BrN3. The van der Waals surface area contributed by atoms with Crippen molar-refractivity contribution in [2.75, 3.05) is 18.0 Å². The molecule has 0 aliphatic rings. The van der Waals surface area contributed by atoms with E-state index < -0.39 is 0 Å². The van der Waals surface area contributed by atoms with Gasteiger partial charge in [-0.05, 0) is 35.8 Å². The molecule has 1 heterocycles. The Kier molecular flexibility index (Phi) is 3.39. The molecule has 0 bridgehead atoms. The van der Waals surface area contributed by atoms with Gasteiger partial charge in [0.15, 0.2) is 0 Å². The number of hydrogen-bond acceptors (Lipinski definition) is 3. The molecule has 0 amide bonds. The molecule has 0 fully saturated rings. The topological polar surface area (TPSA) is 29.0 Å². The van der Waals surface area contributed by atoms with E-state index in [1.807, 2.05) is 24.4 Å². The van der Waals surface area contributed by atoms with Crippen LogP contribution >= 0.6 is 15.9 Å². The lowest BCUT2D eigenvalue weighted by Gasteiger charge is -2.18. The van der Waals surface area contributed by atoms with Gasteiger partial charge in [-0.2, -0.15) is 0 Å². The van der Waals surface area contributed by atoms with E-state index >= 15 is 0 Å². The second-order valence-electron chi connectivity index (χ2n) is 3.52. The zero-order valence-electron chi connectivity index (χ0n) is 9.44. The molecule has 0 saturated heterocycles. The summed E-state index contributed by atoms with van der Waals surface area (Å²) in [6.07, 6.45) is 1.88. The highest BCUT2D eigenvalue weighted by atomic mass is 79.9. The lowest BCUT2D eigenvalue weighted by atomic mass is 10.2. The third-order valence-corrected chi connectivity index (χ3v) is 3.24. The summed E-state index contributed by atoms with van der Waals surface area (Å²) in [4.78, 5) is 11.1. The first-order valence-electron chi connectivity index (χ1n) is 5.42. The standard InChI is InChI=1S/C12H14BrN3/c1-3-16(4-2)12-14-8-9-6-5-7-10(13)11(9)15-12/h5-8H,3-4H2,1-2H3. The quantitative estimate of drug-likeness (QED) is 0.864. The summed E-state index contributed by atoms with van der Waals surface area (Å²) in [5.41, 5.74) is 0.972. The molecule has 2 aromatic rings. The van der Waals surface area contributed by atoms with Crippen LogP contribution in [0, 0.1) is 0 Å². The van der Waals surface area contributed by atoms with Crippen LogP contribution in [-0.4, -0.2) is 23.1 Å². The van der Waals surface area contributed by atoms with Crippen molar-refractivity contribution in [2.24, 2.45) is 0 Å². The number of benzene rings is 1. The number of aromatic nitrogens is 2. The zero-order chi connectivity index (χ0) is 11.5. The molecule has 2 rings (SSSR count). The minimum atomic E-state index is 0.796. The summed E-state index contributed by atoms with van der Waals surface area (Å²) >= 11 is 3.52. The van der Waals surface area contributed by atoms with Gasteiger partial charge < -0.3 is 4.90 Å². The van der Waals surface area contributed by atoms with Gasteiger partial charge in [-0.3, -0.25) is 0 Å². The van der Waals surface area contributed by atoms with Crippen molar-refractivity contribution < 1.29 is 0 Å². The Balaban J connectivity index is 2.54. The molecule has 3 nitrogen and oxygen atoms in total. The smallest absolute Gasteiger partial charge is 0.225 e. The predicted octanol–water partition coefficient (Wildman–Crippen LogP) is 3.24.